The summed E-state index contributed by atoms with van der Waals surface area (Å²) < 4.78 is 40.1. The minimum absolute atomic E-state index is 0.137. The summed E-state index contributed by atoms with van der Waals surface area (Å²) in [7, 11) is -3.88. The number of halogens is 1. The van der Waals surface area contributed by atoms with Crippen molar-refractivity contribution in [2.24, 2.45) is 0 Å². The van der Waals surface area contributed by atoms with Crippen molar-refractivity contribution in [3.05, 3.63) is 54.3 Å². The average Bonchev–Trinajstić information content (AvgIpc) is 2.73. The lowest BCUT2D eigenvalue weighted by molar-refractivity contribution is -0.117. The Bertz CT molecular complexity index is 973. The zero-order valence-electron chi connectivity index (χ0n) is 17.3. The number of carbonyl (C=O) groups is 1. The molecule has 1 unspecified atom stereocenters. The van der Waals surface area contributed by atoms with E-state index >= 15 is 0 Å². The summed E-state index contributed by atoms with van der Waals surface area (Å²) in [5.74, 6) is -1.20. The van der Waals surface area contributed by atoms with Crippen molar-refractivity contribution < 1.29 is 17.6 Å². The van der Waals surface area contributed by atoms with Crippen LogP contribution in [-0.2, 0) is 14.8 Å². The molecule has 0 aromatic heterocycles. The summed E-state index contributed by atoms with van der Waals surface area (Å²) in [5.41, 5.74) is 1.53. The minimum Gasteiger partial charge on any atom is -0.372 e. The predicted molar refractivity (Wildman–Crippen MR) is 119 cm³/mol. The van der Waals surface area contributed by atoms with E-state index in [4.69, 9.17) is 0 Å². The summed E-state index contributed by atoms with van der Waals surface area (Å²) >= 11 is 0. The van der Waals surface area contributed by atoms with Crippen molar-refractivity contribution in [3.8, 4) is 0 Å². The molecule has 8 heteroatoms. The topological polar surface area (TPSA) is 69.7 Å². The van der Waals surface area contributed by atoms with E-state index in [1.54, 1.807) is 13.0 Å². The lowest BCUT2D eigenvalue weighted by Crippen LogP contribution is -2.47. The molecule has 0 aliphatic carbocycles. The van der Waals surface area contributed by atoms with Crippen LogP contribution in [0, 0.1) is 5.82 Å². The van der Waals surface area contributed by atoms with Gasteiger partial charge < -0.3 is 10.2 Å². The molecule has 30 heavy (non-hydrogen) atoms. The molecule has 6 nitrogen and oxygen atoms in total. The summed E-state index contributed by atoms with van der Waals surface area (Å²) in [6, 6.07) is 12.0. The summed E-state index contributed by atoms with van der Waals surface area (Å²) in [4.78, 5) is 15.3. The van der Waals surface area contributed by atoms with Crippen LogP contribution in [0.15, 0.2) is 48.5 Å². The number of piperidine rings is 1. The van der Waals surface area contributed by atoms with E-state index in [1.807, 2.05) is 24.3 Å². The van der Waals surface area contributed by atoms with Gasteiger partial charge in [0.25, 0.3) is 0 Å². The molecule has 1 heterocycles. The first-order valence-electron chi connectivity index (χ1n) is 10.2. The van der Waals surface area contributed by atoms with Gasteiger partial charge in [0.1, 0.15) is 11.9 Å². The highest BCUT2D eigenvalue weighted by Gasteiger charge is 2.33. The van der Waals surface area contributed by atoms with Crippen LogP contribution in [0.25, 0.3) is 0 Å². The van der Waals surface area contributed by atoms with Crippen molar-refractivity contribution in [3.63, 3.8) is 0 Å². The van der Waals surface area contributed by atoms with E-state index < -0.39 is 27.8 Å². The minimum atomic E-state index is -3.88. The van der Waals surface area contributed by atoms with Gasteiger partial charge in [-0.1, -0.05) is 19.1 Å². The molecule has 1 amide bonds. The van der Waals surface area contributed by atoms with E-state index in [0.29, 0.717) is 5.69 Å². The second kappa shape index (κ2) is 9.47. The molecule has 1 aliphatic heterocycles. The molecule has 1 aliphatic rings. The van der Waals surface area contributed by atoms with Crippen LogP contribution < -0.4 is 14.5 Å². The van der Waals surface area contributed by atoms with Crippen LogP contribution in [0.2, 0.25) is 0 Å². The first-order chi connectivity index (χ1) is 14.3. The van der Waals surface area contributed by atoms with E-state index in [1.165, 1.54) is 37.5 Å². The first-order valence-corrected chi connectivity index (χ1v) is 12.1. The summed E-state index contributed by atoms with van der Waals surface area (Å²) in [6.07, 6.45) is 4.77. The standard InChI is InChI=1S/C22H28FN3O3S/c1-3-20(26(30(2,28)29)21-10-6-5-9-19(21)23)22(27)24-17-11-13-18(14-12-17)25-15-7-4-8-16-25/h5-6,9-14,20H,3-4,7-8,15-16H2,1-2H3,(H,24,27). The molecule has 0 saturated carbocycles. The largest absolute Gasteiger partial charge is 0.372 e. The Hall–Kier alpha value is -2.61. The number of anilines is 3. The zero-order valence-corrected chi connectivity index (χ0v) is 18.2. The fourth-order valence-corrected chi connectivity index (χ4v) is 5.01. The van der Waals surface area contributed by atoms with Crippen molar-refractivity contribution in [1.82, 2.24) is 0 Å². The maximum absolute atomic E-state index is 14.3. The van der Waals surface area contributed by atoms with Crippen LogP contribution >= 0.6 is 0 Å². The number of nitrogens with zero attached hydrogens (tertiary/aromatic N) is 2. The summed E-state index contributed by atoms with van der Waals surface area (Å²) in [6.45, 7) is 3.74. The van der Waals surface area contributed by atoms with E-state index in [2.05, 4.69) is 10.2 Å². The number of carbonyl (C=O) groups excluding carboxylic acids is 1. The molecular formula is C22H28FN3O3S. The summed E-state index contributed by atoms with van der Waals surface area (Å²) in [5, 5.41) is 2.78. The normalized spacial score (nSPS) is 15.5. The quantitative estimate of drug-likeness (QED) is 0.717. The number of benzene rings is 2. The third-order valence-corrected chi connectivity index (χ3v) is 6.44. The average molecular weight is 434 g/mol. The molecule has 0 spiro atoms. The highest BCUT2D eigenvalue weighted by molar-refractivity contribution is 7.92. The fraction of sp³-hybridized carbons (Fsp3) is 0.409. The van der Waals surface area contributed by atoms with Crippen molar-refractivity contribution in [1.29, 1.82) is 0 Å². The maximum atomic E-state index is 14.3. The SMILES string of the molecule is CCC(C(=O)Nc1ccc(N2CCCCC2)cc1)N(c1ccccc1F)S(C)(=O)=O. The number of para-hydroxylation sites is 1. The number of hydrogen-bond donors (Lipinski definition) is 1. The Kier molecular flexibility index (Phi) is 6.97. The number of sulfonamides is 1. The van der Waals surface area contributed by atoms with E-state index in [0.717, 1.165) is 29.3 Å². The molecule has 2 aromatic rings. The number of hydrogen-bond acceptors (Lipinski definition) is 4. The lowest BCUT2D eigenvalue weighted by atomic mass is 10.1. The van der Waals surface area contributed by atoms with Gasteiger partial charge >= 0.3 is 0 Å². The van der Waals surface area contributed by atoms with Crippen molar-refractivity contribution in [2.45, 2.75) is 38.6 Å². The molecule has 162 valence electrons. The van der Waals surface area contributed by atoms with Gasteiger partial charge in [-0.15, -0.1) is 0 Å². The molecule has 3 rings (SSSR count). The van der Waals surface area contributed by atoms with E-state index in [9.17, 15) is 17.6 Å². The predicted octanol–water partition coefficient (Wildman–Crippen LogP) is 4.00. The van der Waals surface area contributed by atoms with Gasteiger partial charge in [-0.2, -0.15) is 0 Å². The van der Waals surface area contributed by atoms with Crippen LogP contribution in [0.5, 0.6) is 0 Å². The third kappa shape index (κ3) is 5.11. The monoisotopic (exact) mass is 433 g/mol. The second-order valence-corrected chi connectivity index (χ2v) is 9.38. The molecule has 1 N–H and O–H groups in total. The number of nitrogens with one attached hydrogen (secondary N) is 1. The van der Waals surface area contributed by atoms with Crippen molar-refractivity contribution >= 4 is 33.0 Å². The molecule has 1 atom stereocenters. The van der Waals surface area contributed by atoms with Gasteiger partial charge in [0.15, 0.2) is 0 Å². The van der Waals surface area contributed by atoms with Crippen molar-refractivity contribution in [2.75, 3.05) is 33.9 Å². The van der Waals surface area contributed by atoms with Gasteiger partial charge in [-0.3, -0.25) is 9.10 Å². The Balaban J connectivity index is 1.80. The lowest BCUT2D eigenvalue weighted by Gasteiger charge is -2.30. The van der Waals surface area contributed by atoms with Gasteiger partial charge in [-0.25, -0.2) is 12.8 Å². The Morgan fingerprint density at radius 3 is 2.30 bits per heavy atom. The van der Waals surface area contributed by atoms with Gasteiger partial charge in [-0.05, 0) is 62.1 Å². The molecule has 2 aromatic carbocycles. The first kappa shape index (κ1) is 22.1. The van der Waals surface area contributed by atoms with Crippen LogP contribution in [0.4, 0.5) is 21.5 Å². The van der Waals surface area contributed by atoms with Crippen LogP contribution in [0.1, 0.15) is 32.6 Å². The molecule has 1 fully saturated rings. The molecule has 1 saturated heterocycles. The number of rotatable bonds is 7. The third-order valence-electron chi connectivity index (χ3n) is 5.28. The molecular weight excluding hydrogens is 405 g/mol. The molecule has 0 bridgehead atoms. The Morgan fingerprint density at radius 1 is 1.10 bits per heavy atom. The smallest absolute Gasteiger partial charge is 0.248 e. The molecule has 0 radical (unpaired) electrons. The Morgan fingerprint density at radius 2 is 1.73 bits per heavy atom. The van der Waals surface area contributed by atoms with Gasteiger partial charge in [0.2, 0.25) is 15.9 Å². The Labute approximate surface area is 177 Å². The van der Waals surface area contributed by atoms with Crippen LogP contribution in [-0.4, -0.2) is 39.7 Å². The maximum Gasteiger partial charge on any atom is 0.248 e. The fourth-order valence-electron chi connectivity index (χ4n) is 3.80. The van der Waals surface area contributed by atoms with Gasteiger partial charge in [0, 0.05) is 24.5 Å². The van der Waals surface area contributed by atoms with E-state index in [-0.39, 0.29) is 12.1 Å². The second-order valence-electron chi connectivity index (χ2n) is 7.52. The highest BCUT2D eigenvalue weighted by atomic mass is 32.2. The van der Waals surface area contributed by atoms with Crippen LogP contribution in [0.3, 0.4) is 0 Å². The number of amides is 1. The van der Waals surface area contributed by atoms with Gasteiger partial charge in [0.05, 0.1) is 11.9 Å². The highest BCUT2D eigenvalue weighted by Crippen LogP contribution is 2.27. The zero-order chi connectivity index (χ0) is 21.7.